The summed E-state index contributed by atoms with van der Waals surface area (Å²) in [6, 6.07) is 25.8. The molecule has 7 rings (SSSR count). The summed E-state index contributed by atoms with van der Waals surface area (Å²) in [4.78, 5) is 70.4. The van der Waals surface area contributed by atoms with Crippen molar-refractivity contribution in [3.05, 3.63) is 113 Å². The summed E-state index contributed by atoms with van der Waals surface area (Å²) in [5, 5.41) is 15.8. The molecule has 3 aliphatic rings. The van der Waals surface area contributed by atoms with Crippen molar-refractivity contribution in [2.75, 3.05) is 42.9 Å². The van der Waals surface area contributed by atoms with Crippen molar-refractivity contribution in [1.29, 1.82) is 0 Å². The van der Waals surface area contributed by atoms with Crippen molar-refractivity contribution < 1.29 is 43.3 Å². The van der Waals surface area contributed by atoms with Crippen LogP contribution in [0.15, 0.2) is 91.0 Å². The van der Waals surface area contributed by atoms with Crippen LogP contribution in [0.1, 0.15) is 58.0 Å². The SMILES string of the molecule is COc1ccc(C(=O)Nc2ccc(CN3C(=O)[C@]4(O[C@H](CC(=O)N5CCC[C@H]5CO)[C@@H]([Si](C)(C)O)[C@@H]4C)c4cc(NC(=O)c5ccc(OC)cc5)ccc43)cc2)cc1. The predicted octanol–water partition coefficient (Wildman–Crippen LogP) is 5.93. The second-order valence-electron chi connectivity index (χ2n) is 15.8. The number of rotatable bonds is 12. The molecule has 2 saturated heterocycles. The molecule has 0 aliphatic carbocycles. The molecule has 0 aromatic heterocycles. The third kappa shape index (κ3) is 7.72. The zero-order valence-electron chi connectivity index (χ0n) is 33.4. The van der Waals surface area contributed by atoms with Crippen LogP contribution in [0.25, 0.3) is 0 Å². The van der Waals surface area contributed by atoms with Crippen molar-refractivity contribution in [3.8, 4) is 11.5 Å². The van der Waals surface area contributed by atoms with E-state index in [1.807, 2.05) is 19.1 Å². The van der Waals surface area contributed by atoms with Gasteiger partial charge in [-0.15, -0.1) is 0 Å². The molecule has 13 nitrogen and oxygen atoms in total. The first-order chi connectivity index (χ1) is 27.8. The number of aliphatic hydroxyl groups is 1. The summed E-state index contributed by atoms with van der Waals surface area (Å²) in [5.41, 5.74) is 1.73. The van der Waals surface area contributed by atoms with Crippen molar-refractivity contribution in [2.24, 2.45) is 5.92 Å². The number of amides is 4. The Morgan fingerprint density at radius 3 is 1.98 bits per heavy atom. The lowest BCUT2D eigenvalue weighted by molar-refractivity contribution is -0.150. The molecule has 0 bridgehead atoms. The fourth-order valence-corrected chi connectivity index (χ4v) is 11.5. The molecule has 3 heterocycles. The van der Waals surface area contributed by atoms with E-state index in [9.17, 15) is 24.3 Å². The molecule has 4 amide bonds. The van der Waals surface area contributed by atoms with E-state index in [4.69, 9.17) is 14.2 Å². The summed E-state index contributed by atoms with van der Waals surface area (Å²) in [5.74, 6) is -0.445. The Labute approximate surface area is 339 Å². The van der Waals surface area contributed by atoms with Gasteiger partial charge in [-0.3, -0.25) is 19.2 Å². The topological polar surface area (TPSA) is 167 Å². The molecule has 0 radical (unpaired) electrons. The largest absolute Gasteiger partial charge is 0.497 e. The van der Waals surface area contributed by atoms with Crippen LogP contribution in [0.5, 0.6) is 11.5 Å². The number of aliphatic hydroxyl groups excluding tert-OH is 1. The van der Waals surface area contributed by atoms with Gasteiger partial charge in [-0.25, -0.2) is 0 Å². The van der Waals surface area contributed by atoms with Gasteiger partial charge in [0.2, 0.25) is 5.91 Å². The van der Waals surface area contributed by atoms with Crippen LogP contribution in [0.4, 0.5) is 17.1 Å². The number of carbonyl (C=O) groups is 4. The third-order valence-corrected chi connectivity index (χ3v) is 14.3. The van der Waals surface area contributed by atoms with E-state index in [0.29, 0.717) is 58.2 Å². The van der Waals surface area contributed by atoms with E-state index < -0.39 is 31.5 Å². The number of carbonyl (C=O) groups excluding carboxylic acids is 4. The van der Waals surface area contributed by atoms with E-state index in [-0.39, 0.29) is 49.2 Å². The number of nitrogens with zero attached hydrogens (tertiary/aromatic N) is 2. The molecule has 14 heteroatoms. The van der Waals surface area contributed by atoms with Gasteiger partial charge in [0, 0.05) is 46.1 Å². The maximum absolute atomic E-state index is 15.1. The van der Waals surface area contributed by atoms with Crippen LogP contribution >= 0.6 is 0 Å². The molecular weight excluding hydrogens is 757 g/mol. The zero-order chi connectivity index (χ0) is 41.4. The summed E-state index contributed by atoms with van der Waals surface area (Å²) in [6.45, 7) is 6.06. The first-order valence-electron chi connectivity index (χ1n) is 19.5. The monoisotopic (exact) mass is 806 g/mol. The van der Waals surface area contributed by atoms with Crippen LogP contribution in [0.3, 0.4) is 0 Å². The number of hydrogen-bond acceptors (Lipinski definition) is 9. The first-order valence-corrected chi connectivity index (χ1v) is 22.6. The second-order valence-corrected chi connectivity index (χ2v) is 19.8. The highest BCUT2D eigenvalue weighted by molar-refractivity contribution is 6.71. The van der Waals surface area contributed by atoms with Crippen LogP contribution < -0.4 is 25.0 Å². The van der Waals surface area contributed by atoms with E-state index in [1.54, 1.807) is 116 Å². The number of hydrogen-bond donors (Lipinski definition) is 4. The van der Waals surface area contributed by atoms with Crippen molar-refractivity contribution in [2.45, 2.75) is 69.1 Å². The van der Waals surface area contributed by atoms with E-state index in [2.05, 4.69) is 10.6 Å². The molecule has 4 aromatic rings. The Balaban J connectivity index is 1.20. The van der Waals surface area contributed by atoms with Gasteiger partial charge in [-0.2, -0.15) is 0 Å². The number of benzene rings is 4. The van der Waals surface area contributed by atoms with Crippen molar-refractivity contribution in [3.63, 3.8) is 0 Å². The van der Waals surface area contributed by atoms with E-state index >= 15 is 4.79 Å². The van der Waals surface area contributed by atoms with E-state index in [1.165, 1.54) is 0 Å². The Kier molecular flexibility index (Phi) is 11.5. The summed E-state index contributed by atoms with van der Waals surface area (Å²) < 4.78 is 17.4. The summed E-state index contributed by atoms with van der Waals surface area (Å²) in [6.07, 6.45) is 0.662. The highest BCUT2D eigenvalue weighted by atomic mass is 28.4. The zero-order valence-corrected chi connectivity index (χ0v) is 34.4. The minimum absolute atomic E-state index is 0.0511. The minimum Gasteiger partial charge on any atom is -0.497 e. The molecular formula is C44H50N4O9Si. The minimum atomic E-state index is -3.10. The molecule has 58 heavy (non-hydrogen) atoms. The number of ether oxygens (including phenoxy) is 3. The quantitative estimate of drug-likeness (QED) is 0.127. The number of likely N-dealkylation sites (tertiary alicyclic amines) is 1. The van der Waals surface area contributed by atoms with Gasteiger partial charge in [0.05, 0.1) is 51.6 Å². The molecule has 2 fully saturated rings. The van der Waals surface area contributed by atoms with Crippen LogP contribution in [0.2, 0.25) is 18.6 Å². The predicted molar refractivity (Wildman–Crippen MR) is 222 cm³/mol. The van der Waals surface area contributed by atoms with Gasteiger partial charge in [0.25, 0.3) is 17.7 Å². The average Bonchev–Trinajstić information content (AvgIpc) is 3.88. The van der Waals surface area contributed by atoms with Crippen molar-refractivity contribution in [1.82, 2.24) is 4.90 Å². The summed E-state index contributed by atoms with van der Waals surface area (Å²) >= 11 is 0. The van der Waals surface area contributed by atoms with Gasteiger partial charge in [0.1, 0.15) is 11.5 Å². The number of anilines is 3. The number of methoxy groups -OCH3 is 2. The standard InChI is InChI=1S/C44H50N4O9Si/c1-27-40(58(4,5)54)38(24-39(50)47-22-6-7-33(47)26-49)57-44(27)36-23-32(46-42(52)30-12-19-35(56-3)20-13-30)16-21-37(36)48(43(44)53)25-28-8-14-31(15-9-28)45-41(51)29-10-17-34(55-2)18-11-29/h8-21,23,27,33,38,40,49,54H,6-7,22,24-26H2,1-5H3,(H,45,51)(H,46,52)/t27-,33-,38+,40-,44+/m0/s1. The molecule has 4 aromatic carbocycles. The molecule has 304 valence electrons. The Morgan fingerprint density at radius 2 is 1.43 bits per heavy atom. The molecule has 1 spiro atoms. The van der Waals surface area contributed by atoms with Gasteiger partial charge in [-0.1, -0.05) is 19.1 Å². The molecule has 0 unspecified atom stereocenters. The van der Waals surface area contributed by atoms with Crippen LogP contribution in [0, 0.1) is 5.92 Å². The maximum atomic E-state index is 15.1. The van der Waals surface area contributed by atoms with Gasteiger partial charge in [-0.05, 0) is 110 Å². The molecule has 0 saturated carbocycles. The van der Waals surface area contributed by atoms with Gasteiger partial charge in [0.15, 0.2) is 13.9 Å². The Hall–Kier alpha value is -5.54. The fraction of sp³-hybridized carbons (Fsp3) is 0.364. The first kappa shape index (κ1) is 40.6. The molecule has 4 N–H and O–H groups in total. The van der Waals surface area contributed by atoms with Crippen molar-refractivity contribution >= 4 is 49.0 Å². The Bertz CT molecular complexity index is 2180. The second kappa shape index (κ2) is 16.4. The van der Waals surface area contributed by atoms with Gasteiger partial charge >= 0.3 is 0 Å². The Morgan fingerprint density at radius 1 is 0.862 bits per heavy atom. The van der Waals surface area contributed by atoms with Gasteiger partial charge < -0.3 is 44.5 Å². The van der Waals surface area contributed by atoms with E-state index in [0.717, 1.165) is 12.0 Å². The average molecular weight is 807 g/mol. The number of nitrogens with one attached hydrogen (secondary N) is 2. The maximum Gasteiger partial charge on any atom is 0.264 e. The molecule has 3 aliphatic heterocycles. The number of fused-ring (bicyclic) bond motifs is 2. The highest BCUT2D eigenvalue weighted by Gasteiger charge is 2.66. The van der Waals surface area contributed by atoms with Crippen LogP contribution in [-0.4, -0.2) is 86.3 Å². The third-order valence-electron chi connectivity index (χ3n) is 11.8. The lowest BCUT2D eigenvalue weighted by Crippen LogP contribution is -2.46. The lowest BCUT2D eigenvalue weighted by Gasteiger charge is -2.33. The smallest absolute Gasteiger partial charge is 0.264 e. The normalized spacial score (nSPS) is 22.6. The van der Waals surface area contributed by atoms with Crippen LogP contribution in [-0.2, 0) is 26.5 Å². The lowest BCUT2D eigenvalue weighted by atomic mass is 9.82. The molecule has 5 atom stereocenters. The fourth-order valence-electron chi connectivity index (χ4n) is 8.92. The summed E-state index contributed by atoms with van der Waals surface area (Å²) in [7, 11) is 0.0122. The highest BCUT2D eigenvalue weighted by Crippen LogP contribution is 2.60.